The van der Waals surface area contributed by atoms with Crippen molar-refractivity contribution in [3.63, 3.8) is 0 Å². The third-order valence-corrected chi connectivity index (χ3v) is 7.70. The summed E-state index contributed by atoms with van der Waals surface area (Å²) in [7, 11) is -3.72. The van der Waals surface area contributed by atoms with Gasteiger partial charge < -0.3 is 9.64 Å². The number of hydrogen-bond acceptors (Lipinski definition) is 7. The number of likely N-dealkylation sites (tertiary alicyclic amines) is 1. The Labute approximate surface area is 199 Å². The highest BCUT2D eigenvalue weighted by Crippen LogP contribution is 2.29. The van der Waals surface area contributed by atoms with Gasteiger partial charge in [0, 0.05) is 30.7 Å². The van der Waals surface area contributed by atoms with Gasteiger partial charge in [0.25, 0.3) is 15.9 Å². The molecule has 0 atom stereocenters. The second-order valence-corrected chi connectivity index (χ2v) is 10.3. The van der Waals surface area contributed by atoms with Crippen molar-refractivity contribution in [1.82, 2.24) is 14.3 Å². The van der Waals surface area contributed by atoms with Crippen molar-refractivity contribution in [3.05, 3.63) is 65.2 Å². The van der Waals surface area contributed by atoms with Crippen LogP contribution < -0.4 is 9.46 Å². The maximum absolute atomic E-state index is 13.2. The van der Waals surface area contributed by atoms with Crippen molar-refractivity contribution in [3.8, 4) is 5.75 Å². The summed E-state index contributed by atoms with van der Waals surface area (Å²) in [5.41, 5.74) is 1.02. The molecule has 1 saturated heterocycles. The van der Waals surface area contributed by atoms with E-state index in [9.17, 15) is 17.6 Å². The number of rotatable bonds is 7. The maximum atomic E-state index is 13.2. The molecule has 1 aliphatic heterocycles. The average Bonchev–Trinajstić information content (AvgIpc) is 3.32. The molecule has 12 heteroatoms. The molecule has 0 aliphatic carbocycles. The summed E-state index contributed by atoms with van der Waals surface area (Å²) in [6.07, 6.45) is 2.79. The van der Waals surface area contributed by atoms with Gasteiger partial charge in [0.1, 0.15) is 17.9 Å². The number of carbonyl (C=O) groups excluding carboxylic acids is 1. The number of amides is 1. The number of sulfonamides is 1. The molecule has 1 N–H and O–H groups in total. The normalized spacial score (nSPS) is 14.8. The quantitative estimate of drug-likeness (QED) is 0.517. The number of nitrogens with zero attached hydrogens (tertiary/aromatic N) is 3. The summed E-state index contributed by atoms with van der Waals surface area (Å²) in [6.45, 7) is 0.978. The number of carbonyl (C=O) groups is 1. The Kier molecular flexibility index (Phi) is 7.11. The SMILES string of the molecule is O=C(COc1ccc(F)c(Cl)c1)N1CCC(c2ccc(S(=O)(=O)Nc3ncns3)cc2)CC1. The second-order valence-electron chi connectivity index (χ2n) is 7.44. The first kappa shape index (κ1) is 23.4. The Hall–Kier alpha value is -2.76. The highest BCUT2D eigenvalue weighted by Gasteiger charge is 2.25. The molecule has 0 spiro atoms. The van der Waals surface area contributed by atoms with Crippen molar-refractivity contribution in [2.45, 2.75) is 23.7 Å². The average molecular weight is 511 g/mol. The molecule has 0 saturated carbocycles. The molecular formula is C21H20ClFN4O4S2. The van der Waals surface area contributed by atoms with Crippen LogP contribution >= 0.6 is 23.1 Å². The lowest BCUT2D eigenvalue weighted by Crippen LogP contribution is -2.40. The number of hydrogen-bond donors (Lipinski definition) is 1. The van der Waals surface area contributed by atoms with E-state index in [1.165, 1.54) is 24.5 Å². The molecule has 2 aromatic carbocycles. The van der Waals surface area contributed by atoms with E-state index in [1.54, 1.807) is 29.2 Å². The third kappa shape index (κ3) is 5.79. The predicted octanol–water partition coefficient (Wildman–Crippen LogP) is 3.92. The van der Waals surface area contributed by atoms with Gasteiger partial charge >= 0.3 is 0 Å². The fourth-order valence-corrected chi connectivity index (χ4v) is 5.41. The lowest BCUT2D eigenvalue weighted by molar-refractivity contribution is -0.134. The van der Waals surface area contributed by atoms with Gasteiger partial charge in [0.2, 0.25) is 5.13 Å². The number of ether oxygens (including phenoxy) is 1. The minimum atomic E-state index is -3.72. The molecule has 33 heavy (non-hydrogen) atoms. The minimum absolute atomic E-state index is 0.0597. The second kappa shape index (κ2) is 10.0. The number of nitrogens with one attached hydrogen (secondary N) is 1. The van der Waals surface area contributed by atoms with E-state index in [1.807, 2.05) is 0 Å². The van der Waals surface area contributed by atoms with Crippen LogP contribution in [0.2, 0.25) is 5.02 Å². The zero-order valence-electron chi connectivity index (χ0n) is 17.3. The molecule has 0 unspecified atom stereocenters. The fraction of sp³-hybridized carbons (Fsp3) is 0.286. The summed E-state index contributed by atoms with van der Waals surface area (Å²) in [4.78, 5) is 18.2. The fourth-order valence-electron chi connectivity index (χ4n) is 3.58. The van der Waals surface area contributed by atoms with E-state index in [0.717, 1.165) is 29.9 Å². The molecule has 1 aromatic heterocycles. The molecule has 1 aliphatic rings. The molecule has 1 amide bonds. The predicted molar refractivity (Wildman–Crippen MR) is 123 cm³/mol. The molecule has 1 fully saturated rings. The molecule has 2 heterocycles. The Morgan fingerprint density at radius 2 is 1.94 bits per heavy atom. The van der Waals surface area contributed by atoms with Gasteiger partial charge in [0.15, 0.2) is 6.61 Å². The summed E-state index contributed by atoms with van der Waals surface area (Å²) in [5, 5.41) is 0.151. The van der Waals surface area contributed by atoms with Crippen LogP contribution in [0.15, 0.2) is 53.7 Å². The Balaban J connectivity index is 1.29. The highest BCUT2D eigenvalue weighted by atomic mass is 35.5. The first-order valence-corrected chi connectivity index (χ1v) is 12.7. The molecule has 8 nitrogen and oxygen atoms in total. The zero-order chi connectivity index (χ0) is 23.4. The topological polar surface area (TPSA) is 101 Å². The van der Waals surface area contributed by atoms with Crippen molar-refractivity contribution in [2.24, 2.45) is 0 Å². The van der Waals surface area contributed by atoms with E-state index < -0.39 is 15.8 Å². The third-order valence-electron chi connectivity index (χ3n) is 5.35. The van der Waals surface area contributed by atoms with E-state index in [2.05, 4.69) is 14.1 Å². The van der Waals surface area contributed by atoms with Crippen LogP contribution in [0.4, 0.5) is 9.52 Å². The van der Waals surface area contributed by atoms with Gasteiger partial charge in [-0.05, 0) is 48.6 Å². The van der Waals surface area contributed by atoms with E-state index in [-0.39, 0.29) is 33.5 Å². The van der Waals surface area contributed by atoms with Crippen molar-refractivity contribution in [1.29, 1.82) is 0 Å². The number of benzene rings is 2. The maximum Gasteiger partial charge on any atom is 0.263 e. The standard InChI is InChI=1S/C21H20ClFN4O4S2/c22-18-11-16(3-6-19(18)23)31-12-20(28)27-9-7-15(8-10-27)14-1-4-17(5-2-14)33(29,30)26-21-24-13-25-32-21/h1-6,11,13,15H,7-10,12H2,(H,24,25,26). The van der Waals surface area contributed by atoms with Gasteiger partial charge in [-0.3, -0.25) is 9.52 Å². The van der Waals surface area contributed by atoms with Gasteiger partial charge in [-0.25, -0.2) is 17.8 Å². The largest absolute Gasteiger partial charge is 0.484 e. The lowest BCUT2D eigenvalue weighted by Gasteiger charge is -2.32. The van der Waals surface area contributed by atoms with Crippen LogP contribution in [0.1, 0.15) is 24.3 Å². The first-order chi connectivity index (χ1) is 15.8. The van der Waals surface area contributed by atoms with Gasteiger partial charge in [0.05, 0.1) is 9.92 Å². The van der Waals surface area contributed by atoms with Crippen LogP contribution in [0, 0.1) is 5.82 Å². The minimum Gasteiger partial charge on any atom is -0.484 e. The first-order valence-electron chi connectivity index (χ1n) is 10.1. The van der Waals surface area contributed by atoms with Crippen molar-refractivity contribution in [2.75, 3.05) is 24.4 Å². The van der Waals surface area contributed by atoms with Crippen LogP contribution in [0.25, 0.3) is 0 Å². The van der Waals surface area contributed by atoms with Gasteiger partial charge in [-0.2, -0.15) is 4.37 Å². The Bertz CT molecular complexity index is 1220. The van der Waals surface area contributed by atoms with E-state index in [4.69, 9.17) is 16.3 Å². The summed E-state index contributed by atoms with van der Waals surface area (Å²) < 4.78 is 49.7. The number of anilines is 1. The summed E-state index contributed by atoms with van der Waals surface area (Å²) in [6, 6.07) is 10.7. The van der Waals surface area contributed by atoms with Crippen LogP contribution in [-0.4, -0.2) is 48.3 Å². The number of piperidine rings is 1. The highest BCUT2D eigenvalue weighted by molar-refractivity contribution is 7.93. The summed E-state index contributed by atoms with van der Waals surface area (Å²) in [5.74, 6) is -0.145. The van der Waals surface area contributed by atoms with Gasteiger partial charge in [-0.1, -0.05) is 23.7 Å². The Morgan fingerprint density at radius 1 is 1.21 bits per heavy atom. The van der Waals surface area contributed by atoms with Crippen LogP contribution in [0.3, 0.4) is 0 Å². The monoisotopic (exact) mass is 510 g/mol. The van der Waals surface area contributed by atoms with Crippen molar-refractivity contribution < 1.29 is 22.3 Å². The van der Waals surface area contributed by atoms with Crippen LogP contribution in [0.5, 0.6) is 5.75 Å². The molecule has 0 radical (unpaired) electrons. The molecular weight excluding hydrogens is 491 g/mol. The number of halogens is 2. The number of aromatic nitrogens is 2. The molecule has 0 bridgehead atoms. The van der Waals surface area contributed by atoms with Crippen LogP contribution in [-0.2, 0) is 14.8 Å². The van der Waals surface area contributed by atoms with E-state index >= 15 is 0 Å². The Morgan fingerprint density at radius 3 is 2.58 bits per heavy atom. The van der Waals surface area contributed by atoms with Gasteiger partial charge in [-0.15, -0.1) is 0 Å². The smallest absolute Gasteiger partial charge is 0.263 e. The molecule has 3 aromatic rings. The molecule has 4 rings (SSSR count). The van der Waals surface area contributed by atoms with Crippen molar-refractivity contribution >= 4 is 44.2 Å². The van der Waals surface area contributed by atoms with E-state index in [0.29, 0.717) is 18.8 Å². The zero-order valence-corrected chi connectivity index (χ0v) is 19.7. The molecule has 174 valence electrons. The summed E-state index contributed by atoms with van der Waals surface area (Å²) >= 11 is 6.69. The lowest BCUT2D eigenvalue weighted by atomic mass is 9.89.